The van der Waals surface area contributed by atoms with Crippen LogP contribution in [0.15, 0.2) is 42.5 Å². The van der Waals surface area contributed by atoms with Crippen LogP contribution in [0.4, 0.5) is 4.39 Å². The molecule has 128 valence electrons. The number of hydrogen-bond donors (Lipinski definition) is 1. The van der Waals surface area contributed by atoms with E-state index >= 15 is 0 Å². The van der Waals surface area contributed by atoms with E-state index in [1.807, 2.05) is 37.3 Å². The lowest BCUT2D eigenvalue weighted by Gasteiger charge is -2.13. The zero-order valence-corrected chi connectivity index (χ0v) is 14.7. The van der Waals surface area contributed by atoms with Gasteiger partial charge in [-0.15, -0.1) is 0 Å². The summed E-state index contributed by atoms with van der Waals surface area (Å²) >= 11 is 11.5. The zero-order chi connectivity index (χ0) is 17.5. The quantitative estimate of drug-likeness (QED) is 0.548. The number of carbonyl (C=O) groups excluding carboxylic acids is 1. The molecule has 0 fully saturated rings. The molecule has 0 saturated heterocycles. The molecule has 0 aliphatic carbocycles. The van der Waals surface area contributed by atoms with Crippen molar-refractivity contribution in [3.63, 3.8) is 0 Å². The van der Waals surface area contributed by atoms with Crippen molar-refractivity contribution in [2.75, 3.05) is 13.2 Å². The number of benzene rings is 2. The molecular formula is C18H18Cl2FNO2. The van der Waals surface area contributed by atoms with Gasteiger partial charge in [-0.25, -0.2) is 4.39 Å². The minimum atomic E-state index is -0.675. The standard InChI is InChI=1S/C18H18Cl2FNO2/c1-12(13-6-3-2-4-7-13)24-9-5-8-22-18(23)14-10-17(21)16(20)11-15(14)19/h2-4,6-7,10-12H,5,8-9H2,1H3,(H,22,23)/t12-/m0/s1. The first kappa shape index (κ1) is 18.7. The Balaban J connectivity index is 1.74. The molecule has 0 radical (unpaired) electrons. The summed E-state index contributed by atoms with van der Waals surface area (Å²) in [6.45, 7) is 2.88. The Morgan fingerprint density at radius 3 is 2.62 bits per heavy atom. The number of amides is 1. The minimum absolute atomic E-state index is 0.0123. The van der Waals surface area contributed by atoms with Crippen molar-refractivity contribution in [3.8, 4) is 0 Å². The zero-order valence-electron chi connectivity index (χ0n) is 13.2. The maximum absolute atomic E-state index is 13.4. The van der Waals surface area contributed by atoms with E-state index < -0.39 is 11.7 Å². The van der Waals surface area contributed by atoms with Crippen molar-refractivity contribution in [2.45, 2.75) is 19.4 Å². The second-order valence-corrected chi connectivity index (χ2v) is 6.09. The summed E-state index contributed by atoms with van der Waals surface area (Å²) in [5.41, 5.74) is 1.17. The molecular weight excluding hydrogens is 352 g/mol. The van der Waals surface area contributed by atoms with Crippen LogP contribution < -0.4 is 5.32 Å². The topological polar surface area (TPSA) is 38.3 Å². The lowest BCUT2D eigenvalue weighted by atomic mass is 10.1. The first-order valence-corrected chi connectivity index (χ1v) is 8.34. The number of carbonyl (C=O) groups is 1. The molecule has 3 nitrogen and oxygen atoms in total. The predicted molar refractivity (Wildman–Crippen MR) is 94.2 cm³/mol. The Morgan fingerprint density at radius 2 is 1.92 bits per heavy atom. The Labute approximate surface area is 150 Å². The van der Waals surface area contributed by atoms with Crippen molar-refractivity contribution < 1.29 is 13.9 Å². The van der Waals surface area contributed by atoms with Crippen LogP contribution in [0, 0.1) is 5.82 Å². The third kappa shape index (κ3) is 5.20. The summed E-state index contributed by atoms with van der Waals surface area (Å²) in [6, 6.07) is 12.1. The number of halogens is 3. The van der Waals surface area contributed by atoms with E-state index in [2.05, 4.69) is 5.32 Å². The molecule has 1 amide bonds. The van der Waals surface area contributed by atoms with Crippen molar-refractivity contribution in [1.29, 1.82) is 0 Å². The highest BCUT2D eigenvalue weighted by Crippen LogP contribution is 2.24. The molecule has 0 bridgehead atoms. The fraction of sp³-hybridized carbons (Fsp3) is 0.278. The van der Waals surface area contributed by atoms with Gasteiger partial charge in [0, 0.05) is 13.2 Å². The summed E-state index contributed by atoms with van der Waals surface area (Å²) < 4.78 is 19.1. The Kier molecular flexibility index (Phi) is 7.03. The molecule has 0 spiro atoms. The van der Waals surface area contributed by atoms with Gasteiger partial charge < -0.3 is 10.1 Å². The summed E-state index contributed by atoms with van der Waals surface area (Å²) in [5, 5.41) is 2.69. The van der Waals surface area contributed by atoms with Crippen molar-refractivity contribution in [1.82, 2.24) is 5.32 Å². The van der Waals surface area contributed by atoms with Gasteiger partial charge in [0.15, 0.2) is 0 Å². The molecule has 0 aromatic heterocycles. The summed E-state index contributed by atoms with van der Waals surface area (Å²) in [5.74, 6) is -1.11. The third-order valence-electron chi connectivity index (χ3n) is 3.50. The minimum Gasteiger partial charge on any atom is -0.374 e. The van der Waals surface area contributed by atoms with Crippen LogP contribution in [0.25, 0.3) is 0 Å². The van der Waals surface area contributed by atoms with Gasteiger partial charge in [0.2, 0.25) is 0 Å². The number of ether oxygens (including phenoxy) is 1. The Hall–Kier alpha value is -1.62. The molecule has 2 aromatic rings. The van der Waals surface area contributed by atoms with Gasteiger partial charge in [0.05, 0.1) is 21.7 Å². The highest BCUT2D eigenvalue weighted by Gasteiger charge is 2.13. The molecule has 2 aromatic carbocycles. The highest BCUT2D eigenvalue weighted by atomic mass is 35.5. The van der Waals surface area contributed by atoms with E-state index in [4.69, 9.17) is 27.9 Å². The van der Waals surface area contributed by atoms with Crippen LogP contribution in [0.2, 0.25) is 10.0 Å². The average molecular weight is 370 g/mol. The first-order chi connectivity index (χ1) is 11.5. The van der Waals surface area contributed by atoms with Gasteiger partial charge >= 0.3 is 0 Å². The summed E-state index contributed by atoms with van der Waals surface area (Å²) in [7, 11) is 0. The van der Waals surface area contributed by atoms with Gasteiger partial charge in [-0.1, -0.05) is 53.5 Å². The van der Waals surface area contributed by atoms with Crippen LogP contribution >= 0.6 is 23.2 Å². The van der Waals surface area contributed by atoms with Crippen LogP contribution in [0.1, 0.15) is 35.4 Å². The SMILES string of the molecule is C[C@H](OCCCNC(=O)c1cc(F)c(Cl)cc1Cl)c1ccccc1. The molecule has 0 aliphatic heterocycles. The fourth-order valence-electron chi connectivity index (χ4n) is 2.15. The van der Waals surface area contributed by atoms with Gasteiger partial charge in [-0.05, 0) is 31.0 Å². The lowest BCUT2D eigenvalue weighted by Crippen LogP contribution is -2.25. The monoisotopic (exact) mass is 369 g/mol. The summed E-state index contributed by atoms with van der Waals surface area (Å²) in [6.07, 6.45) is 0.623. The number of rotatable bonds is 7. The predicted octanol–water partition coefficient (Wildman–Crippen LogP) is 5.03. The molecule has 24 heavy (non-hydrogen) atoms. The van der Waals surface area contributed by atoms with Gasteiger partial charge in [-0.2, -0.15) is 0 Å². The molecule has 1 N–H and O–H groups in total. The maximum atomic E-state index is 13.4. The van der Waals surface area contributed by atoms with Crippen molar-refractivity contribution >= 4 is 29.1 Å². The Bertz CT molecular complexity index is 695. The molecule has 6 heteroatoms. The highest BCUT2D eigenvalue weighted by molar-refractivity contribution is 6.36. The molecule has 1 atom stereocenters. The van der Waals surface area contributed by atoms with Gasteiger partial charge in [-0.3, -0.25) is 4.79 Å². The van der Waals surface area contributed by atoms with E-state index in [1.54, 1.807) is 0 Å². The lowest BCUT2D eigenvalue weighted by molar-refractivity contribution is 0.0635. The molecule has 0 saturated carbocycles. The van der Waals surface area contributed by atoms with Crippen LogP contribution in [0.3, 0.4) is 0 Å². The smallest absolute Gasteiger partial charge is 0.252 e. The second kappa shape index (κ2) is 9.02. The summed E-state index contributed by atoms with van der Waals surface area (Å²) in [4.78, 5) is 12.0. The average Bonchev–Trinajstić information content (AvgIpc) is 2.58. The number of hydrogen-bond acceptors (Lipinski definition) is 2. The largest absolute Gasteiger partial charge is 0.374 e. The third-order valence-corrected chi connectivity index (χ3v) is 4.10. The van der Waals surface area contributed by atoms with E-state index in [0.29, 0.717) is 19.6 Å². The van der Waals surface area contributed by atoms with Crippen LogP contribution in [-0.2, 0) is 4.74 Å². The Morgan fingerprint density at radius 1 is 1.21 bits per heavy atom. The van der Waals surface area contributed by atoms with E-state index in [0.717, 1.165) is 11.6 Å². The second-order valence-electron chi connectivity index (χ2n) is 5.28. The van der Waals surface area contributed by atoms with E-state index in [9.17, 15) is 9.18 Å². The molecule has 0 heterocycles. The van der Waals surface area contributed by atoms with Crippen molar-refractivity contribution in [3.05, 3.63) is 69.5 Å². The van der Waals surface area contributed by atoms with Crippen LogP contribution in [0.5, 0.6) is 0 Å². The molecule has 0 aliphatic rings. The molecule has 2 rings (SSSR count). The normalized spacial score (nSPS) is 12.0. The van der Waals surface area contributed by atoms with Crippen molar-refractivity contribution in [2.24, 2.45) is 0 Å². The van der Waals surface area contributed by atoms with Crippen LogP contribution in [-0.4, -0.2) is 19.1 Å². The molecule has 0 unspecified atom stereocenters. The van der Waals surface area contributed by atoms with E-state index in [1.165, 1.54) is 6.07 Å². The van der Waals surface area contributed by atoms with E-state index in [-0.39, 0.29) is 21.7 Å². The first-order valence-electron chi connectivity index (χ1n) is 7.58. The van der Waals surface area contributed by atoms with Gasteiger partial charge in [0.1, 0.15) is 5.82 Å². The van der Waals surface area contributed by atoms with Gasteiger partial charge in [0.25, 0.3) is 5.91 Å². The fourth-order valence-corrected chi connectivity index (χ4v) is 2.62. The maximum Gasteiger partial charge on any atom is 0.252 e. The number of nitrogens with one attached hydrogen (secondary N) is 1.